The van der Waals surface area contributed by atoms with Crippen molar-refractivity contribution >= 4 is 22.3 Å². The number of phenols is 1. The summed E-state index contributed by atoms with van der Waals surface area (Å²) in [7, 11) is -4.48. The molecular weight excluding hydrogens is 472 g/mol. The van der Waals surface area contributed by atoms with Crippen LogP contribution in [0.5, 0.6) is 5.75 Å². The van der Waals surface area contributed by atoms with Gasteiger partial charge in [-0.25, -0.2) is 4.57 Å². The summed E-state index contributed by atoms with van der Waals surface area (Å²) in [6.45, 7) is 3.31. The summed E-state index contributed by atoms with van der Waals surface area (Å²) < 4.78 is 31.9. The minimum Gasteiger partial charge on any atom is -0.545 e. The van der Waals surface area contributed by atoms with E-state index in [9.17, 15) is 18.3 Å². The Morgan fingerprint density at radius 1 is 1.03 bits per heavy atom. The average Bonchev–Trinajstić information content (AvgIpc) is 2.80. The molecule has 0 amide bonds. The number of oxime groups is 1. The smallest absolute Gasteiger partial charge is 0.294 e. The maximum Gasteiger partial charge on any atom is 0.294 e. The van der Waals surface area contributed by atoms with E-state index in [1.165, 1.54) is 70.4 Å². The number of hydrogen-bond acceptors (Lipinski definition) is 7. The van der Waals surface area contributed by atoms with Crippen LogP contribution in [0.4, 0.5) is 0 Å². The second-order valence-electron chi connectivity index (χ2n) is 8.24. The molecule has 0 unspecified atom stereocenters. The maximum atomic E-state index is 10.6. The summed E-state index contributed by atoms with van der Waals surface area (Å²) >= 11 is 0. The number of benzene rings is 1. The van der Waals surface area contributed by atoms with Crippen LogP contribution in [0.25, 0.3) is 0 Å². The average molecular weight is 509 g/mol. The van der Waals surface area contributed by atoms with E-state index in [-0.39, 0.29) is 0 Å². The Hall–Kier alpha value is -2.98. The monoisotopic (exact) mass is 508 g/mol. The van der Waals surface area contributed by atoms with Gasteiger partial charge in [-0.15, -0.1) is 0 Å². The normalized spacial score (nSPS) is 11.3. The first-order valence-electron chi connectivity index (χ1n) is 11.9. The molecule has 1 aromatic heterocycles. The van der Waals surface area contributed by atoms with Crippen LogP contribution in [-0.4, -0.2) is 35.5 Å². The van der Waals surface area contributed by atoms with Gasteiger partial charge in [-0.2, -0.15) is 8.42 Å². The number of unbranched alkanes of at least 4 members (excludes halogenated alkanes) is 9. The van der Waals surface area contributed by atoms with Gasteiger partial charge in [0.1, 0.15) is 12.3 Å². The second-order valence-corrected chi connectivity index (χ2v) is 9.66. The predicted molar refractivity (Wildman–Crippen MR) is 130 cm³/mol. The lowest BCUT2D eigenvalue weighted by Gasteiger charge is -2.06. The third-order valence-electron chi connectivity index (χ3n) is 5.34. The molecule has 0 spiro atoms. The first-order valence-corrected chi connectivity index (χ1v) is 13.3. The number of carbonyl (C=O) groups is 1. The fraction of sp³-hybridized carbons (Fsp3) is 0.480. The quantitative estimate of drug-likeness (QED) is 0.0878. The van der Waals surface area contributed by atoms with Crippen LogP contribution in [0.1, 0.15) is 87.1 Å². The highest BCUT2D eigenvalue weighted by molar-refractivity contribution is 7.85. The molecule has 0 saturated heterocycles. The Bertz CT molecular complexity index is 1040. The van der Waals surface area contributed by atoms with Crippen molar-refractivity contribution in [2.24, 2.45) is 5.16 Å². The molecule has 0 radical (unpaired) electrons. The second kappa shape index (κ2) is 16.6. The zero-order valence-corrected chi connectivity index (χ0v) is 21.0. The van der Waals surface area contributed by atoms with Gasteiger partial charge in [-0.1, -0.05) is 63.4 Å². The van der Waals surface area contributed by atoms with Gasteiger partial charge in [0.05, 0.1) is 22.6 Å². The summed E-state index contributed by atoms with van der Waals surface area (Å²) in [5.41, 5.74) is 0.243. The summed E-state index contributed by atoms with van der Waals surface area (Å²) in [5.74, 6) is -2.36. The minimum absolute atomic E-state index is 0.611. The van der Waals surface area contributed by atoms with Gasteiger partial charge < -0.3 is 20.2 Å². The van der Waals surface area contributed by atoms with Crippen molar-refractivity contribution in [3.8, 4) is 5.75 Å². The lowest BCUT2D eigenvalue weighted by atomic mass is 10.1. The molecule has 9 nitrogen and oxygen atoms in total. The van der Waals surface area contributed by atoms with Crippen molar-refractivity contribution in [3.05, 3.63) is 53.9 Å². The van der Waals surface area contributed by atoms with Gasteiger partial charge in [-0.3, -0.25) is 4.55 Å². The van der Waals surface area contributed by atoms with Crippen molar-refractivity contribution in [1.82, 2.24) is 0 Å². The third-order valence-corrected chi connectivity index (χ3v) is 6.19. The summed E-state index contributed by atoms with van der Waals surface area (Å²) in [6, 6.07) is 6.26. The molecule has 0 fully saturated rings. The highest BCUT2D eigenvalue weighted by Crippen LogP contribution is 2.20. The number of aryl methyl sites for hydroxylation is 1. The molecule has 2 rings (SSSR count). The van der Waals surface area contributed by atoms with Crippen LogP contribution >= 0.6 is 0 Å². The van der Waals surface area contributed by atoms with Crippen molar-refractivity contribution < 1.29 is 37.8 Å². The number of aromatic nitrogens is 1. The fourth-order valence-corrected chi connectivity index (χ4v) is 3.95. The van der Waals surface area contributed by atoms with Gasteiger partial charge in [0.15, 0.2) is 12.4 Å². The molecule has 1 aromatic carbocycles. The van der Waals surface area contributed by atoms with Gasteiger partial charge in [0.25, 0.3) is 10.1 Å². The van der Waals surface area contributed by atoms with E-state index in [1.54, 1.807) is 0 Å². The number of aromatic hydroxyl groups is 1. The van der Waals surface area contributed by atoms with Crippen LogP contribution in [0.2, 0.25) is 0 Å². The molecule has 0 atom stereocenters. The molecule has 0 bridgehead atoms. The third kappa shape index (κ3) is 12.9. The Labute approximate surface area is 207 Å². The van der Waals surface area contributed by atoms with E-state index in [0.29, 0.717) is 6.07 Å². The molecule has 3 N–H and O–H groups in total. The maximum absolute atomic E-state index is 10.6. The van der Waals surface area contributed by atoms with Crippen molar-refractivity contribution in [1.29, 1.82) is 0 Å². The Kier molecular flexibility index (Phi) is 14.3. The number of carbonyl (C=O) groups excluding carboxylic acids is 1. The molecule has 0 saturated carbocycles. The molecular formula is C25H36N2O7S. The number of pyridine rings is 1. The highest BCUT2D eigenvalue weighted by atomic mass is 32.2. The zero-order chi connectivity index (χ0) is 26.1. The lowest BCUT2D eigenvalue weighted by Crippen LogP contribution is -2.33. The summed E-state index contributed by atoms with van der Waals surface area (Å²) in [4.78, 5) is 9.74. The minimum atomic E-state index is -4.48. The van der Waals surface area contributed by atoms with E-state index in [1.807, 2.05) is 18.3 Å². The van der Waals surface area contributed by atoms with E-state index in [2.05, 4.69) is 22.8 Å². The number of rotatable bonds is 14. The molecule has 0 aliphatic heterocycles. The number of hydrogen-bond donors (Lipinski definition) is 3. The van der Waals surface area contributed by atoms with Gasteiger partial charge in [0, 0.05) is 18.1 Å². The SMILES string of the molecule is CCCCCCCCCCCC[n+]1cccc(/C=N\O)c1.O=C([O-])c1cc(S(=O)(=O)O)ccc1O. The van der Waals surface area contributed by atoms with E-state index >= 15 is 0 Å². The topological polar surface area (TPSA) is 151 Å². The van der Waals surface area contributed by atoms with E-state index in [4.69, 9.17) is 14.9 Å². The highest BCUT2D eigenvalue weighted by Gasteiger charge is 2.12. The van der Waals surface area contributed by atoms with Gasteiger partial charge in [0.2, 0.25) is 0 Å². The number of carboxylic acid groups (broad SMARTS) is 1. The lowest BCUT2D eigenvalue weighted by molar-refractivity contribution is -0.697. The molecule has 0 aliphatic carbocycles. The van der Waals surface area contributed by atoms with Crippen LogP contribution < -0.4 is 9.67 Å². The molecule has 35 heavy (non-hydrogen) atoms. The Morgan fingerprint density at radius 2 is 1.63 bits per heavy atom. The number of nitrogens with zero attached hydrogens (tertiary/aromatic N) is 2. The van der Waals surface area contributed by atoms with E-state index in [0.717, 1.165) is 24.2 Å². The van der Waals surface area contributed by atoms with Crippen LogP contribution in [0.3, 0.4) is 0 Å². The molecule has 10 heteroatoms. The largest absolute Gasteiger partial charge is 0.545 e. The Morgan fingerprint density at radius 3 is 2.17 bits per heavy atom. The molecule has 0 aliphatic rings. The molecule has 1 heterocycles. The van der Waals surface area contributed by atoms with Crippen LogP contribution in [0, 0.1) is 0 Å². The Balaban J connectivity index is 0.000000379. The number of carboxylic acids is 1. The summed E-state index contributed by atoms with van der Waals surface area (Å²) in [6.07, 6.45) is 19.2. The van der Waals surface area contributed by atoms with Crippen LogP contribution in [0.15, 0.2) is 52.8 Å². The van der Waals surface area contributed by atoms with Crippen molar-refractivity contribution in [2.75, 3.05) is 0 Å². The first kappa shape index (κ1) is 30.1. The van der Waals surface area contributed by atoms with Gasteiger partial charge >= 0.3 is 0 Å². The van der Waals surface area contributed by atoms with Crippen LogP contribution in [-0.2, 0) is 16.7 Å². The predicted octanol–water partition coefficient (Wildman–Crippen LogP) is 3.71. The summed E-state index contributed by atoms with van der Waals surface area (Å²) in [5, 5.41) is 30.9. The number of aromatic carboxylic acids is 1. The standard InChI is InChI=1S/C18H30N2O.C7H6O6S/c1-2-3-4-5-6-7-8-9-10-11-14-20-15-12-13-18(17-20)16-19-21;8-6-2-1-4(14(11,12)13)3-5(6)7(9)10/h12-13,15-17H,2-11,14H2,1H3;1-3,8H,(H,9,10)(H,11,12,13)/b19-16-;. The molecule has 194 valence electrons. The zero-order valence-electron chi connectivity index (χ0n) is 20.2. The molecule has 2 aromatic rings. The van der Waals surface area contributed by atoms with Crippen molar-refractivity contribution in [2.45, 2.75) is 82.6 Å². The fourth-order valence-electron chi connectivity index (χ4n) is 3.45. The first-order chi connectivity index (χ1) is 16.7. The van der Waals surface area contributed by atoms with E-state index < -0.39 is 32.3 Å². The van der Waals surface area contributed by atoms with Crippen molar-refractivity contribution in [3.63, 3.8) is 0 Å². The van der Waals surface area contributed by atoms with Gasteiger partial charge in [-0.05, 0) is 30.7 Å².